The standard InChI is InChI=1S/C10H10Br2F3NO2/c11-5-1-7(10(13,14)15)9(8(12)2-5)16-3-6(18)4-17/h1-2,6,16-18H,3-4H2. The number of hydrogen-bond acceptors (Lipinski definition) is 3. The van der Waals surface area contributed by atoms with Gasteiger partial charge in [-0.15, -0.1) is 0 Å². The summed E-state index contributed by atoms with van der Waals surface area (Å²) < 4.78 is 39.0. The summed E-state index contributed by atoms with van der Waals surface area (Å²) in [5.74, 6) is 0. The molecule has 0 fully saturated rings. The minimum Gasteiger partial charge on any atom is -0.394 e. The van der Waals surface area contributed by atoms with Gasteiger partial charge in [0.2, 0.25) is 0 Å². The van der Waals surface area contributed by atoms with Crippen LogP contribution >= 0.6 is 31.9 Å². The fourth-order valence-electron chi connectivity index (χ4n) is 1.26. The molecular weight excluding hydrogens is 383 g/mol. The van der Waals surface area contributed by atoms with Crippen LogP contribution in [0.5, 0.6) is 0 Å². The minimum atomic E-state index is -4.52. The van der Waals surface area contributed by atoms with E-state index in [9.17, 15) is 13.2 Å². The Bertz CT molecular complexity index is 426. The van der Waals surface area contributed by atoms with Gasteiger partial charge in [0.25, 0.3) is 0 Å². The second-order valence-electron chi connectivity index (χ2n) is 3.53. The second-order valence-corrected chi connectivity index (χ2v) is 5.30. The molecule has 0 amide bonds. The predicted molar refractivity (Wildman–Crippen MR) is 68.4 cm³/mol. The van der Waals surface area contributed by atoms with Crippen LogP contribution in [0.3, 0.4) is 0 Å². The summed E-state index contributed by atoms with van der Waals surface area (Å²) in [7, 11) is 0. The van der Waals surface area contributed by atoms with E-state index in [1.807, 2.05) is 0 Å². The van der Waals surface area contributed by atoms with E-state index in [1.165, 1.54) is 6.07 Å². The lowest BCUT2D eigenvalue weighted by atomic mass is 10.1. The Morgan fingerprint density at radius 3 is 2.39 bits per heavy atom. The third-order valence-electron chi connectivity index (χ3n) is 2.09. The first-order valence-corrected chi connectivity index (χ1v) is 6.43. The number of aliphatic hydroxyl groups excluding tert-OH is 2. The summed E-state index contributed by atoms with van der Waals surface area (Å²) >= 11 is 6.01. The molecule has 3 nitrogen and oxygen atoms in total. The molecule has 0 bridgehead atoms. The van der Waals surface area contributed by atoms with E-state index in [-0.39, 0.29) is 21.2 Å². The van der Waals surface area contributed by atoms with E-state index in [2.05, 4.69) is 37.2 Å². The van der Waals surface area contributed by atoms with Crippen LogP contribution < -0.4 is 5.32 Å². The quantitative estimate of drug-likeness (QED) is 0.738. The molecule has 0 aliphatic rings. The van der Waals surface area contributed by atoms with Crippen molar-refractivity contribution in [1.29, 1.82) is 0 Å². The monoisotopic (exact) mass is 391 g/mol. The van der Waals surface area contributed by atoms with Crippen LogP contribution in [0, 0.1) is 0 Å². The Balaban J connectivity index is 3.08. The maximum absolute atomic E-state index is 12.8. The number of nitrogens with one attached hydrogen (secondary N) is 1. The smallest absolute Gasteiger partial charge is 0.394 e. The van der Waals surface area contributed by atoms with Gasteiger partial charge in [-0.1, -0.05) is 15.9 Å². The van der Waals surface area contributed by atoms with Crippen LogP contribution in [0.15, 0.2) is 21.1 Å². The molecule has 0 spiro atoms. The van der Waals surface area contributed by atoms with Crippen LogP contribution in [0.2, 0.25) is 0 Å². The van der Waals surface area contributed by atoms with Crippen LogP contribution in [0.1, 0.15) is 5.56 Å². The number of halogens is 5. The maximum Gasteiger partial charge on any atom is 0.418 e. The first-order chi connectivity index (χ1) is 8.25. The maximum atomic E-state index is 12.8. The van der Waals surface area contributed by atoms with Crippen LogP contribution in [-0.2, 0) is 6.18 Å². The summed E-state index contributed by atoms with van der Waals surface area (Å²) in [5, 5.41) is 20.2. The van der Waals surface area contributed by atoms with Crippen molar-refractivity contribution in [2.24, 2.45) is 0 Å². The average Bonchev–Trinajstić information content (AvgIpc) is 2.25. The molecule has 1 aromatic carbocycles. The Morgan fingerprint density at radius 2 is 1.89 bits per heavy atom. The van der Waals surface area contributed by atoms with E-state index in [1.54, 1.807) is 0 Å². The fourth-order valence-corrected chi connectivity index (χ4v) is 2.63. The van der Waals surface area contributed by atoms with E-state index in [0.29, 0.717) is 0 Å². The fraction of sp³-hybridized carbons (Fsp3) is 0.400. The Labute approximate surface area is 118 Å². The van der Waals surface area contributed by atoms with Crippen molar-refractivity contribution in [2.75, 3.05) is 18.5 Å². The highest BCUT2D eigenvalue weighted by Gasteiger charge is 2.34. The largest absolute Gasteiger partial charge is 0.418 e. The molecule has 8 heteroatoms. The lowest BCUT2D eigenvalue weighted by molar-refractivity contribution is -0.137. The molecule has 0 saturated heterocycles. The molecule has 0 aromatic heterocycles. The molecule has 102 valence electrons. The Morgan fingerprint density at radius 1 is 1.28 bits per heavy atom. The van der Waals surface area contributed by atoms with Gasteiger partial charge >= 0.3 is 6.18 Å². The van der Waals surface area contributed by atoms with Crippen molar-refractivity contribution >= 4 is 37.5 Å². The van der Waals surface area contributed by atoms with Crippen molar-refractivity contribution in [3.8, 4) is 0 Å². The average molecular weight is 393 g/mol. The number of rotatable bonds is 4. The highest BCUT2D eigenvalue weighted by atomic mass is 79.9. The predicted octanol–water partition coefficient (Wildman–Crippen LogP) is 3.00. The molecule has 18 heavy (non-hydrogen) atoms. The van der Waals surface area contributed by atoms with Gasteiger partial charge in [0.15, 0.2) is 0 Å². The van der Waals surface area contributed by atoms with Crippen molar-refractivity contribution in [3.63, 3.8) is 0 Å². The van der Waals surface area contributed by atoms with Crippen LogP contribution in [0.25, 0.3) is 0 Å². The molecule has 0 aliphatic heterocycles. The normalized spacial score (nSPS) is 13.5. The van der Waals surface area contributed by atoms with Crippen molar-refractivity contribution in [3.05, 3.63) is 26.6 Å². The van der Waals surface area contributed by atoms with Gasteiger partial charge in [-0.3, -0.25) is 0 Å². The number of benzene rings is 1. The summed E-state index contributed by atoms with van der Waals surface area (Å²) in [4.78, 5) is 0. The minimum absolute atomic E-state index is 0.168. The Hall–Kier alpha value is -0.310. The van der Waals surface area contributed by atoms with Gasteiger partial charge in [0.1, 0.15) is 0 Å². The van der Waals surface area contributed by atoms with Crippen LogP contribution in [0.4, 0.5) is 18.9 Å². The van der Waals surface area contributed by atoms with E-state index in [0.717, 1.165) is 6.07 Å². The molecule has 0 aliphatic carbocycles. The molecule has 0 radical (unpaired) electrons. The summed E-state index contributed by atoms with van der Waals surface area (Å²) in [6, 6.07) is 2.40. The van der Waals surface area contributed by atoms with Crippen LogP contribution in [-0.4, -0.2) is 29.5 Å². The molecule has 0 heterocycles. The van der Waals surface area contributed by atoms with Crippen molar-refractivity contribution in [1.82, 2.24) is 0 Å². The van der Waals surface area contributed by atoms with E-state index in [4.69, 9.17) is 10.2 Å². The number of hydrogen-bond donors (Lipinski definition) is 3. The lowest BCUT2D eigenvalue weighted by Crippen LogP contribution is -2.24. The van der Waals surface area contributed by atoms with Gasteiger partial charge < -0.3 is 15.5 Å². The summed E-state index contributed by atoms with van der Waals surface area (Å²) in [6.45, 7) is -0.706. The zero-order chi connectivity index (χ0) is 13.9. The highest BCUT2D eigenvalue weighted by Crippen LogP contribution is 2.40. The summed E-state index contributed by atoms with van der Waals surface area (Å²) in [5.41, 5.74) is -1.02. The zero-order valence-corrected chi connectivity index (χ0v) is 12.1. The van der Waals surface area contributed by atoms with Crippen molar-refractivity contribution in [2.45, 2.75) is 12.3 Å². The van der Waals surface area contributed by atoms with E-state index >= 15 is 0 Å². The molecular formula is C10H10Br2F3NO2. The van der Waals surface area contributed by atoms with Gasteiger partial charge in [0, 0.05) is 15.5 Å². The third-order valence-corrected chi connectivity index (χ3v) is 3.17. The second kappa shape index (κ2) is 6.23. The topological polar surface area (TPSA) is 52.5 Å². The third kappa shape index (κ3) is 4.11. The molecule has 1 rings (SSSR count). The number of aliphatic hydroxyl groups is 2. The van der Waals surface area contributed by atoms with E-state index < -0.39 is 24.5 Å². The molecule has 1 aromatic rings. The van der Waals surface area contributed by atoms with Gasteiger partial charge in [-0.05, 0) is 28.1 Å². The molecule has 1 unspecified atom stereocenters. The molecule has 0 saturated carbocycles. The molecule has 3 N–H and O–H groups in total. The lowest BCUT2D eigenvalue weighted by Gasteiger charge is -2.18. The van der Waals surface area contributed by atoms with Gasteiger partial charge in [-0.2, -0.15) is 13.2 Å². The number of alkyl halides is 3. The van der Waals surface area contributed by atoms with Gasteiger partial charge in [-0.25, -0.2) is 0 Å². The van der Waals surface area contributed by atoms with Crippen molar-refractivity contribution < 1.29 is 23.4 Å². The number of anilines is 1. The van der Waals surface area contributed by atoms with Gasteiger partial charge in [0.05, 0.1) is 24.0 Å². The summed E-state index contributed by atoms with van der Waals surface area (Å²) in [6.07, 6.45) is -5.64. The SMILES string of the molecule is OCC(O)CNc1c(Br)cc(Br)cc1C(F)(F)F. The first-order valence-electron chi connectivity index (χ1n) is 4.84. The first kappa shape index (κ1) is 15.7. The highest BCUT2D eigenvalue weighted by molar-refractivity contribution is 9.11. The molecule has 1 atom stereocenters. The Kier molecular flexibility index (Phi) is 5.45. The zero-order valence-electron chi connectivity index (χ0n) is 8.93.